The maximum atomic E-state index is 13.0. The molecular formula is C16H19FN4O. The van der Waals surface area contributed by atoms with E-state index in [4.69, 9.17) is 0 Å². The van der Waals surface area contributed by atoms with Crippen molar-refractivity contribution in [1.29, 1.82) is 0 Å². The highest BCUT2D eigenvalue weighted by Crippen LogP contribution is 2.22. The van der Waals surface area contributed by atoms with Crippen LogP contribution in [-0.2, 0) is 0 Å². The standard InChI is InChI=1S/C16H19FN4O/c1-18-10-13-3-2-8-21(13)16(22)15-9-14(19-20-15)11-4-6-12(17)7-5-11/h4-7,9,13,18H,2-3,8,10H2,1H3,(H,19,20). The molecule has 2 N–H and O–H groups in total. The Kier molecular flexibility index (Phi) is 4.20. The van der Waals surface area contributed by atoms with Crippen LogP contribution in [0.1, 0.15) is 23.3 Å². The van der Waals surface area contributed by atoms with Gasteiger partial charge < -0.3 is 10.2 Å². The molecule has 22 heavy (non-hydrogen) atoms. The summed E-state index contributed by atoms with van der Waals surface area (Å²) in [6.07, 6.45) is 2.04. The van der Waals surface area contributed by atoms with Gasteiger partial charge in [-0.25, -0.2) is 4.39 Å². The van der Waals surface area contributed by atoms with Crippen molar-refractivity contribution in [3.05, 3.63) is 41.8 Å². The number of nitrogens with one attached hydrogen (secondary N) is 2. The molecule has 1 aliphatic heterocycles. The third kappa shape index (κ3) is 2.87. The zero-order chi connectivity index (χ0) is 15.5. The summed E-state index contributed by atoms with van der Waals surface area (Å²) in [5, 5.41) is 10.1. The van der Waals surface area contributed by atoms with Crippen LogP contribution in [0.3, 0.4) is 0 Å². The van der Waals surface area contributed by atoms with Crippen molar-refractivity contribution < 1.29 is 9.18 Å². The molecule has 1 atom stereocenters. The van der Waals surface area contributed by atoms with E-state index in [-0.39, 0.29) is 17.8 Å². The first kappa shape index (κ1) is 14.7. The first-order chi connectivity index (χ1) is 10.7. The van der Waals surface area contributed by atoms with E-state index in [1.54, 1.807) is 18.2 Å². The summed E-state index contributed by atoms with van der Waals surface area (Å²) in [6.45, 7) is 1.57. The number of halogens is 1. The maximum Gasteiger partial charge on any atom is 0.272 e. The highest BCUT2D eigenvalue weighted by atomic mass is 19.1. The number of nitrogens with zero attached hydrogens (tertiary/aromatic N) is 2. The monoisotopic (exact) mass is 302 g/mol. The number of likely N-dealkylation sites (N-methyl/N-ethyl adjacent to an activating group) is 1. The Hall–Kier alpha value is -2.21. The Morgan fingerprint density at radius 2 is 2.23 bits per heavy atom. The van der Waals surface area contributed by atoms with E-state index in [2.05, 4.69) is 15.5 Å². The van der Waals surface area contributed by atoms with Crippen LogP contribution in [-0.4, -0.2) is 47.2 Å². The van der Waals surface area contributed by atoms with Crippen molar-refractivity contribution in [1.82, 2.24) is 20.4 Å². The van der Waals surface area contributed by atoms with E-state index < -0.39 is 0 Å². The molecule has 1 amide bonds. The number of carbonyl (C=O) groups is 1. The zero-order valence-electron chi connectivity index (χ0n) is 12.5. The number of likely N-dealkylation sites (tertiary alicyclic amines) is 1. The second-order valence-electron chi connectivity index (χ2n) is 5.53. The molecule has 3 rings (SSSR count). The summed E-state index contributed by atoms with van der Waals surface area (Å²) >= 11 is 0. The molecule has 5 nitrogen and oxygen atoms in total. The third-order valence-corrected chi connectivity index (χ3v) is 4.03. The molecule has 1 aromatic heterocycles. The van der Waals surface area contributed by atoms with E-state index in [0.29, 0.717) is 11.4 Å². The van der Waals surface area contributed by atoms with E-state index in [1.165, 1.54) is 12.1 Å². The lowest BCUT2D eigenvalue weighted by atomic mass is 10.1. The highest BCUT2D eigenvalue weighted by Gasteiger charge is 2.29. The molecular weight excluding hydrogens is 283 g/mol. The number of aromatic nitrogens is 2. The Balaban J connectivity index is 1.78. The van der Waals surface area contributed by atoms with Gasteiger partial charge in [0, 0.05) is 24.7 Å². The molecule has 0 bridgehead atoms. The lowest BCUT2D eigenvalue weighted by molar-refractivity contribution is 0.0731. The van der Waals surface area contributed by atoms with Crippen LogP contribution in [0.25, 0.3) is 11.3 Å². The molecule has 2 aromatic rings. The zero-order valence-corrected chi connectivity index (χ0v) is 12.5. The predicted octanol–water partition coefficient (Wildman–Crippen LogP) is 2.04. The van der Waals surface area contributed by atoms with Gasteiger partial charge in [-0.15, -0.1) is 0 Å². The largest absolute Gasteiger partial charge is 0.333 e. The topological polar surface area (TPSA) is 61.0 Å². The van der Waals surface area contributed by atoms with Gasteiger partial charge in [0.25, 0.3) is 5.91 Å². The first-order valence-electron chi connectivity index (χ1n) is 7.46. The number of rotatable bonds is 4. The first-order valence-corrected chi connectivity index (χ1v) is 7.46. The molecule has 0 saturated carbocycles. The second-order valence-corrected chi connectivity index (χ2v) is 5.53. The minimum Gasteiger partial charge on any atom is -0.333 e. The summed E-state index contributed by atoms with van der Waals surface area (Å²) < 4.78 is 13.0. The quantitative estimate of drug-likeness (QED) is 0.908. The number of amides is 1. The average molecular weight is 302 g/mol. The summed E-state index contributed by atoms with van der Waals surface area (Å²) in [7, 11) is 1.89. The summed E-state index contributed by atoms with van der Waals surface area (Å²) in [5.74, 6) is -0.318. The Morgan fingerprint density at radius 1 is 1.45 bits per heavy atom. The SMILES string of the molecule is CNCC1CCCN1C(=O)c1cc(-c2ccc(F)cc2)n[nH]1. The second kappa shape index (κ2) is 6.27. The fourth-order valence-corrected chi connectivity index (χ4v) is 2.91. The van der Waals surface area contributed by atoms with Crippen molar-refractivity contribution in [2.45, 2.75) is 18.9 Å². The highest BCUT2D eigenvalue weighted by molar-refractivity contribution is 5.93. The van der Waals surface area contributed by atoms with Gasteiger partial charge in [0.15, 0.2) is 0 Å². The number of hydrogen-bond donors (Lipinski definition) is 2. The van der Waals surface area contributed by atoms with E-state index in [1.807, 2.05) is 11.9 Å². The average Bonchev–Trinajstić information content (AvgIpc) is 3.17. The summed E-state index contributed by atoms with van der Waals surface area (Å²) in [4.78, 5) is 14.5. The number of carbonyl (C=O) groups excluding carboxylic acids is 1. The number of hydrogen-bond acceptors (Lipinski definition) is 3. The fraction of sp³-hybridized carbons (Fsp3) is 0.375. The van der Waals surface area contributed by atoms with E-state index >= 15 is 0 Å². The molecule has 0 aliphatic carbocycles. The molecule has 1 aliphatic rings. The summed E-state index contributed by atoms with van der Waals surface area (Å²) in [6, 6.07) is 8.03. The van der Waals surface area contributed by atoms with Gasteiger partial charge in [-0.1, -0.05) is 0 Å². The van der Waals surface area contributed by atoms with Gasteiger partial charge in [-0.3, -0.25) is 9.89 Å². The Bertz CT molecular complexity index is 652. The molecule has 1 unspecified atom stereocenters. The van der Waals surface area contributed by atoms with E-state index in [9.17, 15) is 9.18 Å². The molecule has 1 fully saturated rings. The minimum atomic E-state index is -0.289. The Labute approximate surface area is 128 Å². The van der Waals surface area contributed by atoms with Crippen molar-refractivity contribution in [2.24, 2.45) is 0 Å². The van der Waals surface area contributed by atoms with Gasteiger partial charge in [-0.2, -0.15) is 5.10 Å². The van der Waals surface area contributed by atoms with Crippen LogP contribution in [0.15, 0.2) is 30.3 Å². The number of benzene rings is 1. The van der Waals surface area contributed by atoms with Crippen molar-refractivity contribution in [3.8, 4) is 11.3 Å². The van der Waals surface area contributed by atoms with Crippen LogP contribution in [0.4, 0.5) is 4.39 Å². The molecule has 0 spiro atoms. The maximum absolute atomic E-state index is 13.0. The third-order valence-electron chi connectivity index (χ3n) is 4.03. The van der Waals surface area contributed by atoms with Crippen molar-refractivity contribution in [2.75, 3.05) is 20.1 Å². The van der Waals surface area contributed by atoms with Gasteiger partial charge in [-0.05, 0) is 50.2 Å². The van der Waals surface area contributed by atoms with Crippen LogP contribution in [0.2, 0.25) is 0 Å². The molecule has 1 aromatic carbocycles. The van der Waals surface area contributed by atoms with Crippen molar-refractivity contribution >= 4 is 5.91 Å². The Morgan fingerprint density at radius 3 is 2.95 bits per heavy atom. The van der Waals surface area contributed by atoms with Gasteiger partial charge >= 0.3 is 0 Å². The van der Waals surface area contributed by atoms with Crippen LogP contribution < -0.4 is 5.32 Å². The van der Waals surface area contributed by atoms with Gasteiger partial charge in [0.05, 0.1) is 5.69 Å². The molecule has 0 radical (unpaired) electrons. The summed E-state index contributed by atoms with van der Waals surface area (Å²) in [5.41, 5.74) is 1.90. The predicted molar refractivity (Wildman–Crippen MR) is 82.0 cm³/mol. The molecule has 116 valence electrons. The molecule has 6 heteroatoms. The smallest absolute Gasteiger partial charge is 0.272 e. The van der Waals surface area contributed by atoms with Crippen LogP contribution in [0, 0.1) is 5.82 Å². The lowest BCUT2D eigenvalue weighted by Crippen LogP contribution is -2.41. The van der Waals surface area contributed by atoms with Gasteiger partial charge in [0.2, 0.25) is 0 Å². The minimum absolute atomic E-state index is 0.0291. The number of H-pyrrole nitrogens is 1. The van der Waals surface area contributed by atoms with Crippen molar-refractivity contribution in [3.63, 3.8) is 0 Å². The van der Waals surface area contributed by atoms with Crippen LogP contribution in [0.5, 0.6) is 0 Å². The fourth-order valence-electron chi connectivity index (χ4n) is 2.91. The van der Waals surface area contributed by atoms with E-state index in [0.717, 1.165) is 31.5 Å². The molecule has 1 saturated heterocycles. The van der Waals surface area contributed by atoms with Crippen LogP contribution >= 0.6 is 0 Å². The molecule has 2 heterocycles. The lowest BCUT2D eigenvalue weighted by Gasteiger charge is -2.23. The normalized spacial score (nSPS) is 17.9. The van der Waals surface area contributed by atoms with Gasteiger partial charge in [0.1, 0.15) is 11.5 Å². The number of aromatic amines is 1.